The molecule has 0 radical (unpaired) electrons. The van der Waals surface area contributed by atoms with Gasteiger partial charge in [-0.1, -0.05) is 60.7 Å². The maximum Gasteiger partial charge on any atom is 0.326 e. The molecule has 4 heteroatoms. The Bertz CT molecular complexity index is 503. The molecule has 0 unspecified atom stereocenters. The van der Waals surface area contributed by atoms with Crippen LogP contribution in [0.5, 0.6) is 0 Å². The van der Waals surface area contributed by atoms with Gasteiger partial charge >= 0.3 is 5.97 Å². The second-order valence-electron chi connectivity index (χ2n) is 4.43. The highest BCUT2D eigenvalue weighted by Gasteiger charge is 2.22. The van der Waals surface area contributed by atoms with E-state index in [9.17, 15) is 4.79 Å². The molecule has 0 amide bonds. The minimum atomic E-state index is -1.02. The van der Waals surface area contributed by atoms with Crippen molar-refractivity contribution < 1.29 is 14.6 Å². The van der Waals surface area contributed by atoms with Gasteiger partial charge < -0.3 is 15.6 Å². The zero-order valence-electron chi connectivity index (χ0n) is 11.0. The van der Waals surface area contributed by atoms with Crippen LogP contribution in [0, 0.1) is 0 Å². The van der Waals surface area contributed by atoms with Gasteiger partial charge in [-0.2, -0.15) is 0 Å². The monoisotopic (exact) mass is 271 g/mol. The van der Waals surface area contributed by atoms with Crippen molar-refractivity contribution in [2.45, 2.75) is 12.1 Å². The fourth-order valence-electron chi connectivity index (χ4n) is 1.86. The molecule has 20 heavy (non-hydrogen) atoms. The van der Waals surface area contributed by atoms with Crippen molar-refractivity contribution in [3.8, 4) is 0 Å². The lowest BCUT2D eigenvalue weighted by atomic mass is 10.0. The molecule has 104 valence electrons. The minimum absolute atomic E-state index is 0.435. The smallest absolute Gasteiger partial charge is 0.326 e. The summed E-state index contributed by atoms with van der Waals surface area (Å²) in [5.74, 6) is -0.620. The van der Waals surface area contributed by atoms with E-state index >= 15 is 0 Å². The molecule has 4 nitrogen and oxygen atoms in total. The van der Waals surface area contributed by atoms with Crippen LogP contribution in [0.2, 0.25) is 0 Å². The van der Waals surface area contributed by atoms with Crippen molar-refractivity contribution in [3.05, 3.63) is 71.8 Å². The van der Waals surface area contributed by atoms with E-state index < -0.39 is 24.7 Å². The van der Waals surface area contributed by atoms with E-state index in [0.717, 1.165) is 11.1 Å². The molecule has 0 aliphatic carbocycles. The topological polar surface area (TPSA) is 72.5 Å². The molecule has 2 rings (SSSR count). The number of aliphatic hydroxyl groups is 1. The summed E-state index contributed by atoms with van der Waals surface area (Å²) in [6, 6.07) is 17.8. The number of hydrogen-bond acceptors (Lipinski definition) is 4. The number of aliphatic hydroxyl groups excluding tert-OH is 1. The number of benzene rings is 2. The Morgan fingerprint density at radius 3 is 1.85 bits per heavy atom. The lowest BCUT2D eigenvalue weighted by Crippen LogP contribution is -2.36. The summed E-state index contributed by atoms with van der Waals surface area (Å²) in [5.41, 5.74) is 7.21. The summed E-state index contributed by atoms with van der Waals surface area (Å²) in [6.45, 7) is -0.435. The maximum atomic E-state index is 11.8. The van der Waals surface area contributed by atoms with Crippen LogP contribution in [0.25, 0.3) is 0 Å². The molecule has 2 aromatic carbocycles. The van der Waals surface area contributed by atoms with E-state index in [1.807, 2.05) is 60.7 Å². The Labute approximate surface area is 117 Å². The van der Waals surface area contributed by atoms with Gasteiger partial charge in [-0.3, -0.25) is 4.79 Å². The highest BCUT2D eigenvalue weighted by molar-refractivity contribution is 5.76. The largest absolute Gasteiger partial charge is 0.451 e. The third-order valence-electron chi connectivity index (χ3n) is 2.94. The van der Waals surface area contributed by atoms with Crippen molar-refractivity contribution in [1.29, 1.82) is 0 Å². The SMILES string of the molecule is N[C@@H](CO)C(=O)OC(c1ccccc1)c1ccccc1. The van der Waals surface area contributed by atoms with E-state index in [2.05, 4.69) is 0 Å². The van der Waals surface area contributed by atoms with Crippen LogP contribution in [0.3, 0.4) is 0 Å². The van der Waals surface area contributed by atoms with Crippen LogP contribution >= 0.6 is 0 Å². The molecule has 0 aliphatic heterocycles. The van der Waals surface area contributed by atoms with Crippen LogP contribution in [0.15, 0.2) is 60.7 Å². The second-order valence-corrected chi connectivity index (χ2v) is 4.43. The summed E-state index contributed by atoms with van der Waals surface area (Å²) in [5, 5.41) is 8.93. The van der Waals surface area contributed by atoms with E-state index in [4.69, 9.17) is 15.6 Å². The third kappa shape index (κ3) is 3.44. The summed E-state index contributed by atoms with van der Waals surface area (Å²) >= 11 is 0. The Morgan fingerprint density at radius 2 is 1.45 bits per heavy atom. The van der Waals surface area contributed by atoms with Gasteiger partial charge in [0, 0.05) is 0 Å². The van der Waals surface area contributed by atoms with Gasteiger partial charge in [-0.05, 0) is 11.1 Å². The van der Waals surface area contributed by atoms with E-state index in [0.29, 0.717) is 0 Å². The van der Waals surface area contributed by atoms with Gasteiger partial charge in [0.15, 0.2) is 6.10 Å². The normalized spacial score (nSPS) is 12.2. The standard InChI is InChI=1S/C16H17NO3/c17-14(11-18)16(19)20-15(12-7-3-1-4-8-12)13-9-5-2-6-10-13/h1-10,14-15,18H,11,17H2/t14-/m0/s1. The predicted octanol–water partition coefficient (Wildman–Crippen LogP) is 1.64. The number of carbonyl (C=O) groups excluding carboxylic acids is 1. The molecule has 0 heterocycles. The predicted molar refractivity (Wildman–Crippen MR) is 75.9 cm³/mol. The Morgan fingerprint density at radius 1 is 1.00 bits per heavy atom. The van der Waals surface area contributed by atoms with E-state index in [1.165, 1.54) is 0 Å². The van der Waals surface area contributed by atoms with Crippen molar-refractivity contribution >= 4 is 5.97 Å². The molecule has 3 N–H and O–H groups in total. The molecule has 0 bridgehead atoms. The zero-order valence-corrected chi connectivity index (χ0v) is 11.0. The van der Waals surface area contributed by atoms with Crippen molar-refractivity contribution in [2.75, 3.05) is 6.61 Å². The third-order valence-corrected chi connectivity index (χ3v) is 2.94. The molecular weight excluding hydrogens is 254 g/mol. The van der Waals surface area contributed by atoms with Crippen LogP contribution < -0.4 is 5.73 Å². The molecular formula is C16H17NO3. The van der Waals surface area contributed by atoms with Crippen LogP contribution in [0.4, 0.5) is 0 Å². The fourth-order valence-corrected chi connectivity index (χ4v) is 1.86. The van der Waals surface area contributed by atoms with Gasteiger partial charge in [0.25, 0.3) is 0 Å². The first-order chi connectivity index (χ1) is 9.72. The average molecular weight is 271 g/mol. The summed E-state index contributed by atoms with van der Waals surface area (Å²) in [4.78, 5) is 11.8. The summed E-state index contributed by atoms with van der Waals surface area (Å²) in [7, 11) is 0. The van der Waals surface area contributed by atoms with Gasteiger partial charge in [0.05, 0.1) is 6.61 Å². The van der Waals surface area contributed by atoms with E-state index in [1.54, 1.807) is 0 Å². The van der Waals surface area contributed by atoms with Crippen molar-refractivity contribution in [3.63, 3.8) is 0 Å². The molecule has 0 aromatic heterocycles. The highest BCUT2D eigenvalue weighted by atomic mass is 16.5. The quantitative estimate of drug-likeness (QED) is 0.811. The zero-order chi connectivity index (χ0) is 14.4. The molecule has 2 aromatic rings. The summed E-state index contributed by atoms with van der Waals surface area (Å²) < 4.78 is 5.45. The molecule has 0 spiro atoms. The van der Waals surface area contributed by atoms with Gasteiger partial charge in [0.2, 0.25) is 0 Å². The average Bonchev–Trinajstić information content (AvgIpc) is 2.53. The molecule has 0 fully saturated rings. The maximum absolute atomic E-state index is 11.8. The van der Waals surface area contributed by atoms with Gasteiger partial charge in [-0.25, -0.2) is 0 Å². The molecule has 0 saturated heterocycles. The number of esters is 1. The lowest BCUT2D eigenvalue weighted by Gasteiger charge is -2.20. The van der Waals surface area contributed by atoms with Crippen molar-refractivity contribution in [1.82, 2.24) is 0 Å². The van der Waals surface area contributed by atoms with Gasteiger partial charge in [0.1, 0.15) is 6.04 Å². The van der Waals surface area contributed by atoms with Gasteiger partial charge in [-0.15, -0.1) is 0 Å². The van der Waals surface area contributed by atoms with Crippen LogP contribution in [0.1, 0.15) is 17.2 Å². The number of rotatable bonds is 5. The first kappa shape index (κ1) is 14.2. The first-order valence-electron chi connectivity index (χ1n) is 6.39. The number of ether oxygens (including phenoxy) is 1. The van der Waals surface area contributed by atoms with E-state index in [-0.39, 0.29) is 0 Å². The van der Waals surface area contributed by atoms with Crippen LogP contribution in [-0.4, -0.2) is 23.7 Å². The Balaban J connectivity index is 2.28. The lowest BCUT2D eigenvalue weighted by molar-refractivity contribution is -0.150. The number of hydrogen-bond donors (Lipinski definition) is 2. The Hall–Kier alpha value is -2.17. The van der Waals surface area contributed by atoms with Crippen LogP contribution in [-0.2, 0) is 9.53 Å². The number of nitrogens with two attached hydrogens (primary N) is 1. The molecule has 0 saturated carbocycles. The van der Waals surface area contributed by atoms with Crippen molar-refractivity contribution in [2.24, 2.45) is 5.73 Å². The molecule has 1 atom stereocenters. The molecule has 0 aliphatic rings. The second kappa shape index (κ2) is 6.84. The fraction of sp³-hybridized carbons (Fsp3) is 0.188. The summed E-state index contributed by atoms with van der Waals surface area (Å²) in [6.07, 6.45) is -0.525. The Kier molecular flexibility index (Phi) is 4.87. The first-order valence-corrected chi connectivity index (χ1v) is 6.39. The highest BCUT2D eigenvalue weighted by Crippen LogP contribution is 2.26. The number of carbonyl (C=O) groups is 1. The minimum Gasteiger partial charge on any atom is -0.451 e.